The lowest BCUT2D eigenvalue weighted by atomic mass is 10.1. The molecule has 0 spiro atoms. The minimum atomic E-state index is 0.581. The van der Waals surface area contributed by atoms with Crippen molar-refractivity contribution < 1.29 is 4.74 Å². The molecule has 0 saturated carbocycles. The van der Waals surface area contributed by atoms with E-state index in [1.54, 1.807) is 7.11 Å². The van der Waals surface area contributed by atoms with E-state index in [0.29, 0.717) is 6.54 Å². The molecule has 0 aromatic heterocycles. The maximum atomic E-state index is 5.68. The van der Waals surface area contributed by atoms with E-state index in [1.807, 2.05) is 18.2 Å². The van der Waals surface area contributed by atoms with Gasteiger partial charge in [-0.05, 0) is 30.2 Å². The molecule has 2 rings (SSSR count). The van der Waals surface area contributed by atoms with E-state index in [-0.39, 0.29) is 0 Å². The van der Waals surface area contributed by atoms with Crippen LogP contribution >= 0.6 is 0 Å². The normalized spacial score (nSPS) is 10.4. The Balaban J connectivity index is 2.21. The molecule has 3 heteroatoms. The molecule has 2 aromatic carbocycles. The van der Waals surface area contributed by atoms with Gasteiger partial charge in [-0.15, -0.1) is 0 Å². The molecule has 0 amide bonds. The van der Waals surface area contributed by atoms with E-state index in [2.05, 4.69) is 43.1 Å². The van der Waals surface area contributed by atoms with Crippen LogP contribution in [0.2, 0.25) is 0 Å². The SMILES string of the molecule is COc1ccccc1CN(C)c1ccc(CN)cc1C. The number of hydrogen-bond donors (Lipinski definition) is 1. The van der Waals surface area contributed by atoms with Crippen LogP contribution < -0.4 is 15.4 Å². The highest BCUT2D eigenvalue weighted by molar-refractivity contribution is 5.54. The van der Waals surface area contributed by atoms with Crippen molar-refractivity contribution in [1.82, 2.24) is 0 Å². The summed E-state index contributed by atoms with van der Waals surface area (Å²) in [4.78, 5) is 2.23. The Kier molecular flexibility index (Phi) is 4.64. The summed E-state index contributed by atoms with van der Waals surface area (Å²) in [5, 5.41) is 0. The number of nitrogens with two attached hydrogens (primary N) is 1. The van der Waals surface area contributed by atoms with E-state index < -0.39 is 0 Å². The molecule has 2 N–H and O–H groups in total. The second kappa shape index (κ2) is 6.44. The molecule has 0 unspecified atom stereocenters. The second-order valence-electron chi connectivity index (χ2n) is 4.99. The molecule has 0 saturated heterocycles. The van der Waals surface area contributed by atoms with E-state index in [4.69, 9.17) is 10.5 Å². The lowest BCUT2D eigenvalue weighted by molar-refractivity contribution is 0.409. The third-order valence-electron chi connectivity index (χ3n) is 3.51. The number of nitrogens with zero attached hydrogens (tertiary/aromatic N) is 1. The van der Waals surface area contributed by atoms with Gasteiger partial charge in [-0.3, -0.25) is 0 Å². The van der Waals surface area contributed by atoms with Crippen molar-refractivity contribution >= 4 is 5.69 Å². The third-order valence-corrected chi connectivity index (χ3v) is 3.51. The number of aryl methyl sites for hydroxylation is 1. The van der Waals surface area contributed by atoms with Gasteiger partial charge < -0.3 is 15.4 Å². The van der Waals surface area contributed by atoms with E-state index in [9.17, 15) is 0 Å². The van der Waals surface area contributed by atoms with Crippen LogP contribution in [0.5, 0.6) is 5.75 Å². The molecular weight excluding hydrogens is 248 g/mol. The second-order valence-corrected chi connectivity index (χ2v) is 4.99. The van der Waals surface area contributed by atoms with Gasteiger partial charge in [0.25, 0.3) is 0 Å². The molecule has 0 aliphatic rings. The van der Waals surface area contributed by atoms with Crippen molar-refractivity contribution in [2.75, 3.05) is 19.1 Å². The Hall–Kier alpha value is -2.00. The van der Waals surface area contributed by atoms with Crippen molar-refractivity contribution in [2.45, 2.75) is 20.0 Å². The van der Waals surface area contributed by atoms with Crippen molar-refractivity contribution in [3.8, 4) is 5.75 Å². The zero-order chi connectivity index (χ0) is 14.5. The molecular formula is C17H22N2O. The van der Waals surface area contributed by atoms with Gasteiger partial charge in [0.2, 0.25) is 0 Å². The number of rotatable bonds is 5. The van der Waals surface area contributed by atoms with Crippen LogP contribution in [0.1, 0.15) is 16.7 Å². The van der Waals surface area contributed by atoms with Crippen LogP contribution in [0.4, 0.5) is 5.69 Å². The first kappa shape index (κ1) is 14.4. The summed E-state index contributed by atoms with van der Waals surface area (Å²) in [6.07, 6.45) is 0. The summed E-state index contributed by atoms with van der Waals surface area (Å²) >= 11 is 0. The monoisotopic (exact) mass is 270 g/mol. The molecule has 3 nitrogen and oxygen atoms in total. The van der Waals surface area contributed by atoms with Crippen LogP contribution in [0, 0.1) is 6.92 Å². The lowest BCUT2D eigenvalue weighted by Crippen LogP contribution is -2.18. The van der Waals surface area contributed by atoms with Gasteiger partial charge in [0.1, 0.15) is 5.75 Å². The van der Waals surface area contributed by atoms with E-state index >= 15 is 0 Å². The fourth-order valence-corrected chi connectivity index (χ4v) is 2.45. The van der Waals surface area contributed by atoms with Gasteiger partial charge in [-0.1, -0.05) is 30.3 Å². The van der Waals surface area contributed by atoms with Crippen LogP contribution in [0.15, 0.2) is 42.5 Å². The number of ether oxygens (including phenoxy) is 1. The molecule has 2 aromatic rings. The molecule has 0 atom stereocenters. The molecule has 0 heterocycles. The van der Waals surface area contributed by atoms with Gasteiger partial charge >= 0.3 is 0 Å². The smallest absolute Gasteiger partial charge is 0.123 e. The van der Waals surface area contributed by atoms with Crippen molar-refractivity contribution in [1.29, 1.82) is 0 Å². The summed E-state index contributed by atoms with van der Waals surface area (Å²) < 4.78 is 5.41. The zero-order valence-corrected chi connectivity index (χ0v) is 12.4. The largest absolute Gasteiger partial charge is 0.496 e. The maximum Gasteiger partial charge on any atom is 0.123 e. The molecule has 0 aliphatic heterocycles. The fourth-order valence-electron chi connectivity index (χ4n) is 2.45. The summed E-state index contributed by atoms with van der Waals surface area (Å²) in [6, 6.07) is 14.5. The number of benzene rings is 2. The summed E-state index contributed by atoms with van der Waals surface area (Å²) in [5.74, 6) is 0.926. The van der Waals surface area contributed by atoms with E-state index in [0.717, 1.165) is 17.9 Å². The quantitative estimate of drug-likeness (QED) is 0.907. The van der Waals surface area contributed by atoms with Crippen LogP contribution in [-0.2, 0) is 13.1 Å². The predicted molar refractivity (Wildman–Crippen MR) is 84.2 cm³/mol. The summed E-state index contributed by atoms with van der Waals surface area (Å²) in [7, 11) is 3.80. The van der Waals surface area contributed by atoms with Crippen molar-refractivity contribution in [3.05, 3.63) is 59.2 Å². The van der Waals surface area contributed by atoms with E-state index in [1.165, 1.54) is 16.8 Å². The third kappa shape index (κ3) is 3.11. The molecule has 106 valence electrons. The molecule has 20 heavy (non-hydrogen) atoms. The Morgan fingerprint density at radius 3 is 2.55 bits per heavy atom. The Bertz CT molecular complexity index is 581. The van der Waals surface area contributed by atoms with Crippen LogP contribution in [0.3, 0.4) is 0 Å². The highest BCUT2D eigenvalue weighted by Gasteiger charge is 2.09. The van der Waals surface area contributed by atoms with Crippen LogP contribution in [-0.4, -0.2) is 14.2 Å². The zero-order valence-electron chi connectivity index (χ0n) is 12.4. The first-order valence-corrected chi connectivity index (χ1v) is 6.78. The summed E-state index contributed by atoms with van der Waals surface area (Å²) in [5.41, 5.74) is 10.5. The lowest BCUT2D eigenvalue weighted by Gasteiger charge is -2.23. The van der Waals surface area contributed by atoms with Gasteiger partial charge in [0.05, 0.1) is 7.11 Å². The number of methoxy groups -OCH3 is 1. The predicted octanol–water partition coefficient (Wildman–Crippen LogP) is 3.10. The molecule has 0 bridgehead atoms. The highest BCUT2D eigenvalue weighted by Crippen LogP contribution is 2.25. The molecule has 0 fully saturated rings. The number of para-hydroxylation sites is 1. The minimum Gasteiger partial charge on any atom is -0.496 e. The van der Waals surface area contributed by atoms with Gasteiger partial charge in [0, 0.05) is 31.4 Å². The van der Waals surface area contributed by atoms with Crippen molar-refractivity contribution in [3.63, 3.8) is 0 Å². The van der Waals surface area contributed by atoms with Gasteiger partial charge in [-0.2, -0.15) is 0 Å². The first-order valence-electron chi connectivity index (χ1n) is 6.78. The van der Waals surface area contributed by atoms with Crippen LogP contribution in [0.25, 0.3) is 0 Å². The van der Waals surface area contributed by atoms with Gasteiger partial charge in [0.15, 0.2) is 0 Å². The first-order chi connectivity index (χ1) is 9.65. The number of anilines is 1. The Morgan fingerprint density at radius 2 is 1.90 bits per heavy atom. The fraction of sp³-hybridized carbons (Fsp3) is 0.294. The maximum absolute atomic E-state index is 5.68. The summed E-state index contributed by atoms with van der Waals surface area (Å²) in [6.45, 7) is 3.51. The van der Waals surface area contributed by atoms with Gasteiger partial charge in [-0.25, -0.2) is 0 Å². The van der Waals surface area contributed by atoms with Crippen molar-refractivity contribution in [2.24, 2.45) is 5.73 Å². The standard InChI is InChI=1S/C17H22N2O/c1-13-10-14(11-18)8-9-16(13)19(2)12-15-6-4-5-7-17(15)20-3/h4-10H,11-12,18H2,1-3H3. The highest BCUT2D eigenvalue weighted by atomic mass is 16.5. The Morgan fingerprint density at radius 1 is 1.15 bits per heavy atom. The number of hydrogen-bond acceptors (Lipinski definition) is 3. The topological polar surface area (TPSA) is 38.5 Å². The molecule has 0 aliphatic carbocycles. The molecule has 0 radical (unpaired) electrons. The minimum absolute atomic E-state index is 0.581. The average molecular weight is 270 g/mol. The average Bonchev–Trinajstić information content (AvgIpc) is 2.47. The Labute approximate surface area is 121 Å².